The van der Waals surface area contributed by atoms with Gasteiger partial charge in [-0.25, -0.2) is 13.4 Å². The molecule has 32 heavy (non-hydrogen) atoms. The monoisotopic (exact) mass is 474 g/mol. The van der Waals surface area contributed by atoms with Crippen molar-refractivity contribution >= 4 is 32.7 Å². The molecular formula is C23H27ClN4O3S. The molecule has 0 radical (unpaired) electrons. The van der Waals surface area contributed by atoms with E-state index in [-0.39, 0.29) is 6.61 Å². The number of halogens is 1. The maximum atomic E-state index is 13.2. The van der Waals surface area contributed by atoms with Gasteiger partial charge in [0.25, 0.3) is 0 Å². The maximum Gasteiger partial charge on any atom is 0.243 e. The number of aliphatic hydroxyl groups is 1. The van der Waals surface area contributed by atoms with Gasteiger partial charge in [-0.2, -0.15) is 4.31 Å². The van der Waals surface area contributed by atoms with E-state index in [9.17, 15) is 13.5 Å². The Hall–Kier alpha value is -1.97. The van der Waals surface area contributed by atoms with Crippen LogP contribution in [0.5, 0.6) is 0 Å². The van der Waals surface area contributed by atoms with Crippen molar-refractivity contribution in [3.8, 4) is 0 Å². The predicted octanol–water partition coefficient (Wildman–Crippen LogP) is 2.68. The Bertz CT molecular complexity index is 1250. The number of aliphatic hydroxyl groups excluding tert-OH is 1. The number of nitrogens with zero attached hydrogens (tertiary/aromatic N) is 4. The molecule has 2 aliphatic rings. The molecule has 1 aromatic heterocycles. The molecule has 1 N–H and O–H groups in total. The third kappa shape index (κ3) is 4.06. The highest BCUT2D eigenvalue weighted by molar-refractivity contribution is 7.89. The highest BCUT2D eigenvalue weighted by atomic mass is 35.5. The van der Waals surface area contributed by atoms with Gasteiger partial charge in [0, 0.05) is 37.7 Å². The van der Waals surface area contributed by atoms with Crippen LogP contribution in [0.15, 0.2) is 41.3 Å². The van der Waals surface area contributed by atoms with E-state index in [1.807, 2.05) is 34.9 Å². The Morgan fingerprint density at radius 2 is 1.78 bits per heavy atom. The van der Waals surface area contributed by atoms with E-state index in [0.29, 0.717) is 49.2 Å². The summed E-state index contributed by atoms with van der Waals surface area (Å²) in [4.78, 5) is 7.36. The molecule has 7 nitrogen and oxygen atoms in total. The minimum atomic E-state index is -3.48. The summed E-state index contributed by atoms with van der Waals surface area (Å²) in [7, 11) is -3.48. The zero-order valence-electron chi connectivity index (χ0n) is 17.9. The number of aryl methyl sites for hydroxylation is 2. The average molecular weight is 475 g/mol. The lowest BCUT2D eigenvalue weighted by Crippen LogP contribution is -2.48. The van der Waals surface area contributed by atoms with Crippen LogP contribution >= 0.6 is 11.6 Å². The lowest BCUT2D eigenvalue weighted by Gasteiger charge is -2.33. The third-order valence-corrected chi connectivity index (χ3v) is 8.65. The summed E-state index contributed by atoms with van der Waals surface area (Å²) in [5.41, 5.74) is 4.20. The highest BCUT2D eigenvalue weighted by Crippen LogP contribution is 2.27. The number of hydrogen-bond donors (Lipinski definition) is 1. The second-order valence-electron chi connectivity index (χ2n) is 8.50. The van der Waals surface area contributed by atoms with Gasteiger partial charge < -0.3 is 9.67 Å². The summed E-state index contributed by atoms with van der Waals surface area (Å²) in [5, 5.41) is 10.2. The standard InChI is InChI=1S/C23H27ClN4O3S/c24-19-5-7-21-22(15-19)28(12-13-29)23(25-21)16-26-8-10-27(11-9-26)32(30,31)20-6-4-17-2-1-3-18(17)14-20/h4-7,14-15,29H,1-3,8-13,16H2. The molecule has 5 rings (SSSR count). The second kappa shape index (κ2) is 8.76. The first-order chi connectivity index (χ1) is 15.5. The molecule has 2 heterocycles. The van der Waals surface area contributed by atoms with Gasteiger partial charge in [0.1, 0.15) is 5.82 Å². The summed E-state index contributed by atoms with van der Waals surface area (Å²) in [6.45, 7) is 3.22. The van der Waals surface area contributed by atoms with Gasteiger partial charge in [0.2, 0.25) is 10.0 Å². The van der Waals surface area contributed by atoms with E-state index in [1.165, 1.54) is 11.1 Å². The van der Waals surface area contributed by atoms with Crippen molar-refractivity contribution in [2.45, 2.75) is 37.2 Å². The first kappa shape index (κ1) is 21.9. The first-order valence-corrected chi connectivity index (χ1v) is 12.9. The van der Waals surface area contributed by atoms with Crippen molar-refractivity contribution in [3.63, 3.8) is 0 Å². The van der Waals surface area contributed by atoms with Crippen molar-refractivity contribution in [1.82, 2.24) is 18.8 Å². The summed E-state index contributed by atoms with van der Waals surface area (Å²) >= 11 is 6.16. The van der Waals surface area contributed by atoms with Crippen LogP contribution < -0.4 is 0 Å². The van der Waals surface area contributed by atoms with Gasteiger partial charge in [-0.3, -0.25) is 4.90 Å². The average Bonchev–Trinajstić information content (AvgIpc) is 3.39. The molecule has 0 bridgehead atoms. The molecule has 1 aliphatic carbocycles. The van der Waals surface area contributed by atoms with Gasteiger partial charge in [0.05, 0.1) is 29.1 Å². The number of rotatable bonds is 6. The number of imidazole rings is 1. The van der Waals surface area contributed by atoms with Crippen LogP contribution in [0.2, 0.25) is 5.02 Å². The molecule has 1 aliphatic heterocycles. The highest BCUT2D eigenvalue weighted by Gasteiger charge is 2.30. The number of benzene rings is 2. The minimum Gasteiger partial charge on any atom is -0.395 e. The summed E-state index contributed by atoms with van der Waals surface area (Å²) in [6.07, 6.45) is 3.11. The Morgan fingerprint density at radius 3 is 2.56 bits per heavy atom. The van der Waals surface area contributed by atoms with Gasteiger partial charge >= 0.3 is 0 Å². The molecular weight excluding hydrogens is 448 g/mol. The SMILES string of the molecule is O=S(=O)(c1ccc2c(c1)CCC2)N1CCN(Cc2nc3ccc(Cl)cc3n2CCO)CC1. The number of sulfonamides is 1. The molecule has 0 unspecified atom stereocenters. The van der Waals surface area contributed by atoms with Crippen LogP contribution in [0.4, 0.5) is 0 Å². The summed E-state index contributed by atoms with van der Waals surface area (Å²) in [5.74, 6) is 0.853. The fraction of sp³-hybridized carbons (Fsp3) is 0.435. The van der Waals surface area contributed by atoms with E-state index >= 15 is 0 Å². The van der Waals surface area contributed by atoms with E-state index in [2.05, 4.69) is 4.90 Å². The molecule has 0 amide bonds. The molecule has 9 heteroatoms. The van der Waals surface area contributed by atoms with Crippen LogP contribution in [-0.4, -0.2) is 65.1 Å². The van der Waals surface area contributed by atoms with Crippen LogP contribution in [0, 0.1) is 0 Å². The normalized spacial score (nSPS) is 17.8. The third-order valence-electron chi connectivity index (χ3n) is 6.52. The molecule has 0 spiro atoms. The molecule has 0 saturated carbocycles. The topological polar surface area (TPSA) is 78.7 Å². The van der Waals surface area contributed by atoms with Crippen molar-refractivity contribution < 1.29 is 13.5 Å². The Morgan fingerprint density at radius 1 is 1.00 bits per heavy atom. The molecule has 1 saturated heterocycles. The quantitative estimate of drug-likeness (QED) is 0.594. The first-order valence-electron chi connectivity index (χ1n) is 11.1. The Balaban J connectivity index is 1.29. The lowest BCUT2D eigenvalue weighted by atomic mass is 10.1. The predicted molar refractivity (Wildman–Crippen MR) is 124 cm³/mol. The van der Waals surface area contributed by atoms with Gasteiger partial charge in [-0.15, -0.1) is 0 Å². The van der Waals surface area contributed by atoms with Crippen molar-refractivity contribution in [2.24, 2.45) is 0 Å². The van der Waals surface area contributed by atoms with Gasteiger partial charge in [0.15, 0.2) is 0 Å². The van der Waals surface area contributed by atoms with Crippen LogP contribution in [-0.2, 0) is 36.0 Å². The molecule has 2 aromatic carbocycles. The fourth-order valence-electron chi connectivity index (χ4n) is 4.80. The maximum absolute atomic E-state index is 13.2. The van der Waals surface area contributed by atoms with Crippen molar-refractivity contribution in [2.75, 3.05) is 32.8 Å². The number of piperazine rings is 1. The van der Waals surface area contributed by atoms with Crippen LogP contribution in [0.25, 0.3) is 11.0 Å². The number of aromatic nitrogens is 2. The van der Waals surface area contributed by atoms with Crippen molar-refractivity contribution in [1.29, 1.82) is 0 Å². The number of fused-ring (bicyclic) bond motifs is 2. The lowest BCUT2D eigenvalue weighted by molar-refractivity contribution is 0.175. The molecule has 3 aromatic rings. The van der Waals surface area contributed by atoms with Gasteiger partial charge in [-0.05, 0) is 60.7 Å². The smallest absolute Gasteiger partial charge is 0.243 e. The number of hydrogen-bond acceptors (Lipinski definition) is 5. The van der Waals surface area contributed by atoms with E-state index < -0.39 is 10.0 Å². The van der Waals surface area contributed by atoms with Crippen LogP contribution in [0.1, 0.15) is 23.4 Å². The fourth-order valence-corrected chi connectivity index (χ4v) is 6.44. The zero-order chi connectivity index (χ0) is 22.3. The molecule has 1 fully saturated rings. The Labute approximate surface area is 193 Å². The summed E-state index contributed by atoms with van der Waals surface area (Å²) in [6, 6.07) is 11.2. The largest absolute Gasteiger partial charge is 0.395 e. The van der Waals surface area contributed by atoms with Crippen molar-refractivity contribution in [3.05, 3.63) is 58.4 Å². The Kier molecular flexibility index (Phi) is 5.98. The van der Waals surface area contributed by atoms with E-state index in [4.69, 9.17) is 16.6 Å². The van der Waals surface area contributed by atoms with E-state index in [1.54, 1.807) is 10.4 Å². The van der Waals surface area contributed by atoms with Gasteiger partial charge in [-0.1, -0.05) is 17.7 Å². The zero-order valence-corrected chi connectivity index (χ0v) is 19.4. The minimum absolute atomic E-state index is 0.0117. The van der Waals surface area contributed by atoms with E-state index in [0.717, 1.165) is 36.1 Å². The van der Waals surface area contributed by atoms with Crippen LogP contribution in [0.3, 0.4) is 0 Å². The second-order valence-corrected chi connectivity index (χ2v) is 10.9. The molecule has 170 valence electrons. The summed E-state index contributed by atoms with van der Waals surface area (Å²) < 4.78 is 30.0. The molecule has 0 atom stereocenters.